The number of amides is 1. The van der Waals surface area contributed by atoms with E-state index in [1.54, 1.807) is 9.36 Å². The van der Waals surface area contributed by atoms with E-state index in [1.807, 2.05) is 33.2 Å². The molecule has 0 aromatic carbocycles. The van der Waals surface area contributed by atoms with E-state index in [0.717, 1.165) is 17.9 Å². The van der Waals surface area contributed by atoms with Crippen molar-refractivity contribution in [3.8, 4) is 0 Å². The lowest BCUT2D eigenvalue weighted by Crippen LogP contribution is -2.30. The number of rotatable bonds is 6. The van der Waals surface area contributed by atoms with Crippen LogP contribution in [0.2, 0.25) is 0 Å². The Labute approximate surface area is 118 Å². The second-order valence-electron chi connectivity index (χ2n) is 4.74. The van der Waals surface area contributed by atoms with Crippen molar-refractivity contribution in [2.75, 3.05) is 0 Å². The van der Waals surface area contributed by atoms with Gasteiger partial charge in [0.1, 0.15) is 12.2 Å². The molecule has 0 aliphatic heterocycles. The molecule has 0 bridgehead atoms. The number of carbonyl (C=O) groups excluding carboxylic acids is 1. The van der Waals surface area contributed by atoms with Crippen LogP contribution in [0.3, 0.4) is 0 Å². The predicted octanol–water partition coefficient (Wildman–Crippen LogP) is 0.978. The zero-order chi connectivity index (χ0) is 14.5. The number of nitrogens with zero attached hydrogens (tertiary/aromatic N) is 5. The van der Waals surface area contributed by atoms with Crippen LogP contribution >= 0.6 is 0 Å². The van der Waals surface area contributed by atoms with Crippen molar-refractivity contribution in [1.82, 2.24) is 29.9 Å². The van der Waals surface area contributed by atoms with Crippen molar-refractivity contribution < 1.29 is 4.79 Å². The molecule has 108 valence electrons. The van der Waals surface area contributed by atoms with Gasteiger partial charge in [0, 0.05) is 26.2 Å². The topological polar surface area (TPSA) is 77.6 Å². The highest BCUT2D eigenvalue weighted by Gasteiger charge is 2.17. The monoisotopic (exact) mass is 276 g/mol. The first-order valence-electron chi connectivity index (χ1n) is 6.73. The van der Waals surface area contributed by atoms with Crippen LogP contribution < -0.4 is 5.32 Å². The third kappa shape index (κ3) is 3.43. The highest BCUT2D eigenvalue weighted by molar-refractivity contribution is 5.76. The number of hydrogen-bond acceptors (Lipinski definition) is 4. The predicted molar refractivity (Wildman–Crippen MR) is 73.8 cm³/mol. The molecule has 0 saturated heterocycles. The van der Waals surface area contributed by atoms with Crippen LogP contribution in [0, 0.1) is 6.92 Å². The van der Waals surface area contributed by atoms with E-state index in [2.05, 4.69) is 20.5 Å². The first-order valence-corrected chi connectivity index (χ1v) is 6.73. The Morgan fingerprint density at radius 3 is 2.85 bits per heavy atom. The van der Waals surface area contributed by atoms with E-state index in [4.69, 9.17) is 0 Å². The average Bonchev–Trinajstić information content (AvgIpc) is 3.02. The molecular weight excluding hydrogens is 256 g/mol. The van der Waals surface area contributed by atoms with Crippen LogP contribution in [0.1, 0.15) is 37.3 Å². The molecule has 0 saturated carbocycles. The SMILES string of the molecule is CCC(NC(=O)CCn1ccc(C)n1)c1ncnn1C. The Balaban J connectivity index is 1.88. The van der Waals surface area contributed by atoms with Crippen LogP contribution in [0.25, 0.3) is 0 Å². The molecule has 20 heavy (non-hydrogen) atoms. The molecule has 0 aliphatic carbocycles. The molecule has 2 rings (SSSR count). The summed E-state index contributed by atoms with van der Waals surface area (Å²) in [6, 6.07) is 1.82. The zero-order valence-corrected chi connectivity index (χ0v) is 12.1. The summed E-state index contributed by atoms with van der Waals surface area (Å²) < 4.78 is 3.46. The molecule has 1 atom stereocenters. The van der Waals surface area contributed by atoms with E-state index in [9.17, 15) is 4.79 Å². The third-order valence-electron chi connectivity index (χ3n) is 3.14. The maximum Gasteiger partial charge on any atom is 0.222 e. The zero-order valence-electron chi connectivity index (χ0n) is 12.1. The van der Waals surface area contributed by atoms with Gasteiger partial charge < -0.3 is 5.32 Å². The normalized spacial score (nSPS) is 12.3. The highest BCUT2D eigenvalue weighted by atomic mass is 16.1. The second-order valence-corrected chi connectivity index (χ2v) is 4.74. The highest BCUT2D eigenvalue weighted by Crippen LogP contribution is 2.12. The van der Waals surface area contributed by atoms with Gasteiger partial charge in [-0.15, -0.1) is 0 Å². The number of nitrogens with one attached hydrogen (secondary N) is 1. The van der Waals surface area contributed by atoms with Crippen LogP contribution in [0.5, 0.6) is 0 Å². The number of hydrogen-bond donors (Lipinski definition) is 1. The fraction of sp³-hybridized carbons (Fsp3) is 0.538. The van der Waals surface area contributed by atoms with Crippen molar-refractivity contribution in [1.29, 1.82) is 0 Å². The summed E-state index contributed by atoms with van der Waals surface area (Å²) in [5, 5.41) is 11.3. The van der Waals surface area contributed by atoms with Gasteiger partial charge in [-0.1, -0.05) is 6.92 Å². The van der Waals surface area contributed by atoms with Gasteiger partial charge in [-0.2, -0.15) is 10.2 Å². The van der Waals surface area contributed by atoms with Gasteiger partial charge in [-0.05, 0) is 19.4 Å². The van der Waals surface area contributed by atoms with E-state index in [-0.39, 0.29) is 11.9 Å². The smallest absolute Gasteiger partial charge is 0.222 e. The standard InChI is InChI=1S/C13H20N6O/c1-4-11(13-14-9-15-18(13)3)16-12(20)6-8-19-7-5-10(2)17-19/h5,7,9,11H,4,6,8H2,1-3H3,(H,16,20). The first kappa shape index (κ1) is 14.2. The Morgan fingerprint density at radius 1 is 1.50 bits per heavy atom. The molecule has 0 spiro atoms. The molecule has 2 aromatic rings. The lowest BCUT2D eigenvalue weighted by Gasteiger charge is -2.16. The fourth-order valence-corrected chi connectivity index (χ4v) is 2.04. The molecule has 7 nitrogen and oxygen atoms in total. The summed E-state index contributed by atoms with van der Waals surface area (Å²) in [7, 11) is 1.82. The molecule has 1 amide bonds. The minimum atomic E-state index is -0.102. The van der Waals surface area contributed by atoms with Gasteiger partial charge in [0.2, 0.25) is 5.91 Å². The largest absolute Gasteiger partial charge is 0.346 e. The maximum absolute atomic E-state index is 12.0. The number of aryl methyl sites for hydroxylation is 3. The number of aromatic nitrogens is 5. The summed E-state index contributed by atoms with van der Waals surface area (Å²) in [6.07, 6.45) is 4.55. The van der Waals surface area contributed by atoms with E-state index < -0.39 is 0 Å². The molecule has 0 radical (unpaired) electrons. The van der Waals surface area contributed by atoms with E-state index >= 15 is 0 Å². The summed E-state index contributed by atoms with van der Waals surface area (Å²) in [6.45, 7) is 4.52. The van der Waals surface area contributed by atoms with Crippen molar-refractivity contribution in [2.45, 2.75) is 39.3 Å². The Morgan fingerprint density at radius 2 is 2.30 bits per heavy atom. The summed E-state index contributed by atoms with van der Waals surface area (Å²) in [4.78, 5) is 16.2. The average molecular weight is 276 g/mol. The van der Waals surface area contributed by atoms with Crippen molar-refractivity contribution in [3.05, 3.63) is 30.1 Å². The molecule has 0 aliphatic rings. The fourth-order valence-electron chi connectivity index (χ4n) is 2.04. The van der Waals surface area contributed by atoms with Gasteiger partial charge in [0.25, 0.3) is 0 Å². The third-order valence-corrected chi connectivity index (χ3v) is 3.14. The minimum Gasteiger partial charge on any atom is -0.346 e. The minimum absolute atomic E-state index is 0.00648. The maximum atomic E-state index is 12.0. The molecular formula is C13H20N6O. The van der Waals surface area contributed by atoms with Crippen LogP contribution in [-0.4, -0.2) is 30.5 Å². The molecule has 0 fully saturated rings. The van der Waals surface area contributed by atoms with Crippen molar-refractivity contribution in [3.63, 3.8) is 0 Å². The molecule has 2 aromatic heterocycles. The van der Waals surface area contributed by atoms with E-state index in [0.29, 0.717) is 13.0 Å². The quantitative estimate of drug-likeness (QED) is 0.853. The van der Waals surface area contributed by atoms with Gasteiger partial charge >= 0.3 is 0 Å². The molecule has 7 heteroatoms. The van der Waals surface area contributed by atoms with Gasteiger partial charge in [0.15, 0.2) is 0 Å². The first-order chi connectivity index (χ1) is 9.60. The Hall–Kier alpha value is -2.18. The van der Waals surface area contributed by atoms with Crippen LogP contribution in [0.15, 0.2) is 18.6 Å². The summed E-state index contributed by atoms with van der Waals surface area (Å²) >= 11 is 0. The molecule has 1 N–H and O–H groups in total. The Kier molecular flexibility index (Phi) is 4.49. The second kappa shape index (κ2) is 6.31. The van der Waals surface area contributed by atoms with Crippen molar-refractivity contribution in [2.24, 2.45) is 7.05 Å². The van der Waals surface area contributed by atoms with Crippen LogP contribution in [-0.2, 0) is 18.4 Å². The van der Waals surface area contributed by atoms with Crippen LogP contribution in [0.4, 0.5) is 0 Å². The van der Waals surface area contributed by atoms with Gasteiger partial charge in [-0.25, -0.2) is 4.98 Å². The lowest BCUT2D eigenvalue weighted by atomic mass is 10.2. The number of carbonyl (C=O) groups is 1. The molecule has 1 unspecified atom stereocenters. The van der Waals surface area contributed by atoms with E-state index in [1.165, 1.54) is 6.33 Å². The Bertz CT molecular complexity index is 573. The molecule has 2 heterocycles. The lowest BCUT2D eigenvalue weighted by molar-refractivity contribution is -0.122. The summed E-state index contributed by atoms with van der Waals surface area (Å²) in [5.74, 6) is 0.767. The van der Waals surface area contributed by atoms with Gasteiger partial charge in [-0.3, -0.25) is 14.2 Å². The summed E-state index contributed by atoms with van der Waals surface area (Å²) in [5.41, 5.74) is 0.955. The van der Waals surface area contributed by atoms with Crippen molar-refractivity contribution >= 4 is 5.91 Å². The van der Waals surface area contributed by atoms with Gasteiger partial charge in [0.05, 0.1) is 11.7 Å².